The number of hydrogen-bond acceptors (Lipinski definition) is 2. The summed E-state index contributed by atoms with van der Waals surface area (Å²) in [6.07, 6.45) is 2.65. The fourth-order valence-electron chi connectivity index (χ4n) is 1.29. The first-order chi connectivity index (χ1) is 7.79. The highest BCUT2D eigenvalue weighted by Gasteiger charge is 2.01. The molecule has 0 spiro atoms. The van der Waals surface area contributed by atoms with Crippen LogP contribution in [-0.4, -0.2) is 0 Å². The van der Waals surface area contributed by atoms with Crippen molar-refractivity contribution in [2.24, 2.45) is 0 Å². The van der Waals surface area contributed by atoms with Crippen molar-refractivity contribution in [1.82, 2.24) is 5.32 Å². The van der Waals surface area contributed by atoms with E-state index in [2.05, 4.69) is 23.4 Å². The molecule has 0 aliphatic rings. The van der Waals surface area contributed by atoms with Gasteiger partial charge >= 0.3 is 0 Å². The summed E-state index contributed by atoms with van der Waals surface area (Å²) in [5.41, 5.74) is 2.62. The van der Waals surface area contributed by atoms with E-state index < -0.39 is 0 Å². The number of rotatable bonds is 2. The quantitative estimate of drug-likeness (QED) is 0.602. The molecule has 0 unspecified atom stereocenters. The van der Waals surface area contributed by atoms with Gasteiger partial charge in [0.15, 0.2) is 0 Å². The normalized spacial score (nSPS) is 9.94. The van der Waals surface area contributed by atoms with Gasteiger partial charge in [-0.15, -0.1) is 0 Å². The zero-order valence-corrected chi connectivity index (χ0v) is 9.54. The second kappa shape index (κ2) is 6.32. The number of nitrogens with one attached hydrogen (secondary N) is 1. The smallest absolute Gasteiger partial charge is 0.0998 e. The molecule has 16 heavy (non-hydrogen) atoms. The largest absolute Gasteiger partial charge is 0.322 e. The Morgan fingerprint density at radius 1 is 1.44 bits per heavy atom. The Morgan fingerprint density at radius 2 is 2.19 bits per heavy atom. The van der Waals surface area contributed by atoms with Crippen molar-refractivity contribution in [3.05, 3.63) is 41.6 Å². The lowest BCUT2D eigenvalue weighted by Crippen LogP contribution is -1.96. The second-order valence-corrected chi connectivity index (χ2v) is 3.28. The van der Waals surface area contributed by atoms with Gasteiger partial charge in [-0.3, -0.25) is 0 Å². The van der Waals surface area contributed by atoms with Crippen LogP contribution in [0.1, 0.15) is 31.4 Å². The van der Waals surface area contributed by atoms with Gasteiger partial charge in [-0.1, -0.05) is 31.0 Å². The van der Waals surface area contributed by atoms with Gasteiger partial charge in [-0.2, -0.15) is 5.26 Å². The maximum atomic E-state index is 8.95. The molecule has 0 aromatic heterocycles. The summed E-state index contributed by atoms with van der Waals surface area (Å²) >= 11 is 0. The van der Waals surface area contributed by atoms with E-state index in [0.29, 0.717) is 5.56 Å². The van der Waals surface area contributed by atoms with E-state index in [4.69, 9.17) is 5.26 Å². The topological polar surface area (TPSA) is 35.8 Å². The van der Waals surface area contributed by atoms with Gasteiger partial charge in [0, 0.05) is 18.7 Å². The molecule has 2 heteroatoms. The van der Waals surface area contributed by atoms with E-state index in [1.165, 1.54) is 0 Å². The molecule has 0 fully saturated rings. The van der Waals surface area contributed by atoms with Crippen LogP contribution < -0.4 is 5.32 Å². The number of hydrogen-bond donors (Lipinski definition) is 1. The zero-order valence-electron chi connectivity index (χ0n) is 9.54. The molecule has 0 aliphatic carbocycles. The summed E-state index contributed by atoms with van der Waals surface area (Å²) in [7, 11) is 0. The summed E-state index contributed by atoms with van der Waals surface area (Å²) < 4.78 is 0. The Morgan fingerprint density at radius 3 is 2.88 bits per heavy atom. The van der Waals surface area contributed by atoms with Crippen LogP contribution in [-0.2, 0) is 0 Å². The van der Waals surface area contributed by atoms with Gasteiger partial charge in [-0.25, -0.2) is 0 Å². The zero-order chi connectivity index (χ0) is 11.8. The van der Waals surface area contributed by atoms with Crippen LogP contribution in [0, 0.1) is 23.3 Å². The molecule has 1 aromatic carbocycles. The maximum absolute atomic E-state index is 8.95. The van der Waals surface area contributed by atoms with Crippen LogP contribution in [0.4, 0.5) is 0 Å². The van der Waals surface area contributed by atoms with Crippen molar-refractivity contribution in [3.63, 3.8) is 0 Å². The third kappa shape index (κ3) is 3.19. The summed E-state index contributed by atoms with van der Waals surface area (Å²) in [6.45, 7) is 3.95. The molecule has 0 saturated carbocycles. The highest BCUT2D eigenvalue weighted by molar-refractivity contribution is 5.68. The lowest BCUT2D eigenvalue weighted by molar-refractivity contribution is 1.22. The average molecular weight is 210 g/mol. The standard InChI is InChI=1S/C14H14N2/c1-3-4-9-16-11-12(2)14-8-6-5-7-13(14)10-15/h5-8,11,16H,3H2,1-2H3/b12-11+. The highest BCUT2D eigenvalue weighted by atomic mass is 14.8. The monoisotopic (exact) mass is 210 g/mol. The molecule has 0 saturated heterocycles. The molecule has 0 aliphatic heterocycles. The van der Waals surface area contributed by atoms with Gasteiger partial charge in [0.1, 0.15) is 0 Å². The van der Waals surface area contributed by atoms with Gasteiger partial charge in [-0.05, 0) is 24.1 Å². The van der Waals surface area contributed by atoms with Gasteiger partial charge in [0.05, 0.1) is 11.6 Å². The van der Waals surface area contributed by atoms with Crippen molar-refractivity contribution in [2.45, 2.75) is 20.3 Å². The third-order valence-electron chi connectivity index (χ3n) is 2.10. The van der Waals surface area contributed by atoms with E-state index in [9.17, 15) is 0 Å². The Kier molecular flexibility index (Phi) is 4.70. The molecule has 1 rings (SSSR count). The molecule has 0 heterocycles. The summed E-state index contributed by atoms with van der Waals surface area (Å²) in [4.78, 5) is 0. The SMILES string of the molecule is CCC#CN/C=C(\C)c1ccccc1C#N. The Hall–Kier alpha value is -2.19. The molecular formula is C14H14N2. The van der Waals surface area contributed by atoms with Crippen molar-refractivity contribution in [1.29, 1.82) is 5.26 Å². The van der Waals surface area contributed by atoms with Crippen LogP contribution in [0.2, 0.25) is 0 Å². The fourth-order valence-corrected chi connectivity index (χ4v) is 1.29. The van der Waals surface area contributed by atoms with E-state index in [1.54, 1.807) is 0 Å². The molecule has 0 bridgehead atoms. The molecule has 0 amide bonds. The minimum atomic E-state index is 0.682. The molecular weight excluding hydrogens is 196 g/mol. The lowest BCUT2D eigenvalue weighted by atomic mass is 10.0. The fraction of sp³-hybridized carbons (Fsp3) is 0.214. The number of nitrogens with zero attached hydrogens (tertiary/aromatic N) is 1. The van der Waals surface area contributed by atoms with Gasteiger partial charge < -0.3 is 5.32 Å². The van der Waals surface area contributed by atoms with Gasteiger partial charge in [0.25, 0.3) is 0 Å². The van der Waals surface area contributed by atoms with Crippen molar-refractivity contribution < 1.29 is 0 Å². The predicted octanol–water partition coefficient (Wildman–Crippen LogP) is 2.88. The Labute approximate surface area is 96.6 Å². The van der Waals surface area contributed by atoms with Crippen molar-refractivity contribution in [2.75, 3.05) is 0 Å². The number of allylic oxidation sites excluding steroid dienone is 1. The Balaban J connectivity index is 2.88. The molecule has 1 N–H and O–H groups in total. The molecule has 1 aromatic rings. The first-order valence-electron chi connectivity index (χ1n) is 5.19. The lowest BCUT2D eigenvalue weighted by Gasteiger charge is -2.02. The van der Waals surface area contributed by atoms with E-state index >= 15 is 0 Å². The third-order valence-corrected chi connectivity index (χ3v) is 2.10. The second-order valence-electron chi connectivity index (χ2n) is 3.28. The number of nitriles is 1. The Bertz CT molecular complexity index is 481. The van der Waals surface area contributed by atoms with Gasteiger partial charge in [0.2, 0.25) is 0 Å². The van der Waals surface area contributed by atoms with E-state index in [1.807, 2.05) is 44.3 Å². The minimum Gasteiger partial charge on any atom is -0.322 e. The van der Waals surface area contributed by atoms with Crippen molar-refractivity contribution in [3.8, 4) is 18.0 Å². The van der Waals surface area contributed by atoms with Crippen LogP contribution >= 0.6 is 0 Å². The van der Waals surface area contributed by atoms with E-state index in [-0.39, 0.29) is 0 Å². The van der Waals surface area contributed by atoms with Crippen LogP contribution in [0.25, 0.3) is 5.57 Å². The first kappa shape index (κ1) is 11.9. The van der Waals surface area contributed by atoms with Crippen molar-refractivity contribution >= 4 is 5.57 Å². The highest BCUT2D eigenvalue weighted by Crippen LogP contribution is 2.16. The maximum Gasteiger partial charge on any atom is 0.0998 e. The summed E-state index contributed by atoms with van der Waals surface area (Å²) in [5.74, 6) is 2.91. The molecule has 2 nitrogen and oxygen atoms in total. The first-order valence-corrected chi connectivity index (χ1v) is 5.19. The van der Waals surface area contributed by atoms with Crippen LogP contribution in [0.3, 0.4) is 0 Å². The molecule has 0 atom stereocenters. The summed E-state index contributed by atoms with van der Waals surface area (Å²) in [6, 6.07) is 12.5. The minimum absolute atomic E-state index is 0.682. The van der Waals surface area contributed by atoms with Crippen LogP contribution in [0.15, 0.2) is 30.5 Å². The predicted molar refractivity (Wildman–Crippen MR) is 66.0 cm³/mol. The van der Waals surface area contributed by atoms with E-state index in [0.717, 1.165) is 17.6 Å². The molecule has 80 valence electrons. The van der Waals surface area contributed by atoms with Crippen LogP contribution in [0.5, 0.6) is 0 Å². The average Bonchev–Trinajstić information content (AvgIpc) is 2.34. The number of benzene rings is 1. The molecule has 0 radical (unpaired) electrons. The summed E-state index contributed by atoms with van der Waals surface area (Å²) in [5, 5.41) is 11.9.